The summed E-state index contributed by atoms with van der Waals surface area (Å²) in [6.07, 6.45) is 2.26. The maximum atomic E-state index is 14.1. The third-order valence-electron chi connectivity index (χ3n) is 8.31. The minimum Gasteiger partial charge on any atom is -0.441 e. The van der Waals surface area contributed by atoms with E-state index in [0.717, 1.165) is 18.4 Å². The fourth-order valence-electron chi connectivity index (χ4n) is 7.31. The highest BCUT2D eigenvalue weighted by Gasteiger charge is 2.89. The summed E-state index contributed by atoms with van der Waals surface area (Å²) in [6.45, 7) is 0.699. The molecule has 0 aliphatic carbocycles. The minimum atomic E-state index is -1.67. The van der Waals surface area contributed by atoms with Crippen molar-refractivity contribution in [1.29, 1.82) is 0 Å². The van der Waals surface area contributed by atoms with E-state index in [1.54, 1.807) is 7.05 Å². The highest BCUT2D eigenvalue weighted by molar-refractivity contribution is 6.19. The van der Waals surface area contributed by atoms with Gasteiger partial charge in [0.25, 0.3) is 5.91 Å². The van der Waals surface area contributed by atoms with Gasteiger partial charge in [-0.25, -0.2) is 4.79 Å². The van der Waals surface area contributed by atoms with Crippen LogP contribution in [0.4, 0.5) is 11.4 Å². The van der Waals surface area contributed by atoms with E-state index in [9.17, 15) is 14.4 Å². The molecule has 0 radical (unpaired) electrons. The first kappa shape index (κ1) is 17.5. The van der Waals surface area contributed by atoms with Crippen LogP contribution in [0.3, 0.4) is 0 Å². The number of para-hydroxylation sites is 2. The summed E-state index contributed by atoms with van der Waals surface area (Å²) in [5.74, 6) is -1.14. The first-order chi connectivity index (χ1) is 15.0. The maximum Gasteiger partial charge on any atom is 0.334 e. The van der Waals surface area contributed by atoms with Crippen LogP contribution in [0.1, 0.15) is 30.4 Å². The van der Waals surface area contributed by atoms with Crippen LogP contribution in [0.25, 0.3) is 0 Å². The first-order valence-corrected chi connectivity index (χ1v) is 10.8. The van der Waals surface area contributed by atoms with Crippen LogP contribution in [-0.4, -0.2) is 42.3 Å². The smallest absolute Gasteiger partial charge is 0.334 e. The van der Waals surface area contributed by atoms with Crippen molar-refractivity contribution in [2.75, 3.05) is 23.8 Å². The number of nitrogens with zero attached hydrogens (tertiary/aromatic N) is 2. The molecule has 1 unspecified atom stereocenters. The SMILES string of the molecule is CN1C(=O)[C@]2(OC(=O)[C@@]34c5ccccc5NC(=O)[C@]32CC2CCCN24)c2ccccc21. The lowest BCUT2D eigenvalue weighted by Gasteiger charge is -2.47. The van der Waals surface area contributed by atoms with Crippen LogP contribution >= 0.6 is 0 Å². The molecule has 4 atom stereocenters. The lowest BCUT2D eigenvalue weighted by atomic mass is 9.55. The summed E-state index contributed by atoms with van der Waals surface area (Å²) in [7, 11) is 1.69. The van der Waals surface area contributed by atoms with E-state index >= 15 is 0 Å². The molecule has 5 aliphatic heterocycles. The normalized spacial score (nSPS) is 37.3. The van der Waals surface area contributed by atoms with E-state index in [4.69, 9.17) is 4.74 Å². The zero-order valence-electron chi connectivity index (χ0n) is 17.1. The fourth-order valence-corrected chi connectivity index (χ4v) is 7.31. The molecule has 2 aromatic rings. The van der Waals surface area contributed by atoms with Crippen molar-refractivity contribution in [2.24, 2.45) is 5.41 Å². The fraction of sp³-hybridized carbons (Fsp3) is 0.375. The number of hydrogen-bond donors (Lipinski definition) is 1. The van der Waals surface area contributed by atoms with Crippen molar-refractivity contribution in [1.82, 2.24) is 4.90 Å². The molecule has 5 heterocycles. The third kappa shape index (κ3) is 1.50. The number of nitrogens with one attached hydrogen (secondary N) is 1. The van der Waals surface area contributed by atoms with Crippen molar-refractivity contribution in [3.8, 4) is 0 Å². The van der Waals surface area contributed by atoms with Crippen molar-refractivity contribution >= 4 is 29.2 Å². The zero-order valence-corrected chi connectivity index (χ0v) is 17.1. The molecule has 2 amide bonds. The Morgan fingerprint density at radius 3 is 2.61 bits per heavy atom. The number of carbonyl (C=O) groups is 3. The first-order valence-electron chi connectivity index (χ1n) is 10.8. The number of hydrogen-bond acceptors (Lipinski definition) is 5. The Balaban J connectivity index is 1.64. The van der Waals surface area contributed by atoms with Crippen LogP contribution < -0.4 is 10.2 Å². The summed E-state index contributed by atoms with van der Waals surface area (Å²) >= 11 is 0. The van der Waals surface area contributed by atoms with Crippen molar-refractivity contribution in [3.05, 3.63) is 59.7 Å². The highest BCUT2D eigenvalue weighted by atomic mass is 16.6. The van der Waals surface area contributed by atoms with Gasteiger partial charge in [0, 0.05) is 29.9 Å². The van der Waals surface area contributed by atoms with E-state index in [1.807, 2.05) is 48.5 Å². The molecule has 1 N–H and O–H groups in total. The molecule has 7 heteroatoms. The monoisotopic (exact) mass is 415 g/mol. The largest absolute Gasteiger partial charge is 0.441 e. The van der Waals surface area contributed by atoms with Crippen LogP contribution in [0.5, 0.6) is 0 Å². The highest BCUT2D eigenvalue weighted by Crippen LogP contribution is 2.74. The van der Waals surface area contributed by atoms with Gasteiger partial charge in [0.05, 0.1) is 5.69 Å². The number of fused-ring (bicyclic) bond motifs is 4. The number of carbonyl (C=O) groups excluding carboxylic acids is 3. The van der Waals surface area contributed by atoms with Gasteiger partial charge in [0.2, 0.25) is 11.5 Å². The molecule has 5 aliphatic rings. The molecular weight excluding hydrogens is 394 g/mol. The Labute approximate surface area is 179 Å². The third-order valence-corrected chi connectivity index (χ3v) is 8.31. The lowest BCUT2D eigenvalue weighted by molar-refractivity contribution is -0.167. The second-order valence-corrected chi connectivity index (χ2v) is 9.26. The predicted molar refractivity (Wildman–Crippen MR) is 111 cm³/mol. The van der Waals surface area contributed by atoms with Crippen LogP contribution in [0, 0.1) is 5.41 Å². The Morgan fingerprint density at radius 2 is 1.77 bits per heavy atom. The Kier molecular flexibility index (Phi) is 2.91. The molecule has 3 fully saturated rings. The molecule has 7 nitrogen and oxygen atoms in total. The minimum absolute atomic E-state index is 0.0486. The Bertz CT molecular complexity index is 1230. The molecule has 0 saturated carbocycles. The van der Waals surface area contributed by atoms with E-state index in [-0.39, 0.29) is 17.9 Å². The molecular formula is C24H21N3O4. The molecule has 2 aromatic carbocycles. The Morgan fingerprint density at radius 1 is 1.03 bits per heavy atom. The number of anilines is 2. The maximum absolute atomic E-state index is 14.1. The molecule has 0 aromatic heterocycles. The summed E-state index contributed by atoms with van der Waals surface area (Å²) in [6, 6.07) is 14.9. The molecule has 31 heavy (non-hydrogen) atoms. The van der Waals surface area contributed by atoms with E-state index in [1.165, 1.54) is 4.90 Å². The molecule has 7 rings (SSSR count). The molecule has 3 saturated heterocycles. The predicted octanol–water partition coefficient (Wildman–Crippen LogP) is 2.12. The van der Waals surface area contributed by atoms with E-state index in [2.05, 4.69) is 10.2 Å². The van der Waals surface area contributed by atoms with Crippen molar-refractivity contribution in [3.63, 3.8) is 0 Å². The number of rotatable bonds is 0. The van der Waals surface area contributed by atoms with Gasteiger partial charge in [-0.2, -0.15) is 0 Å². The number of ether oxygens (including phenoxy) is 1. The average Bonchev–Trinajstić information content (AvgIpc) is 3.46. The second kappa shape index (κ2) is 5.16. The van der Waals surface area contributed by atoms with Gasteiger partial charge in [-0.15, -0.1) is 0 Å². The quantitative estimate of drug-likeness (QED) is 0.667. The van der Waals surface area contributed by atoms with Gasteiger partial charge in [0.1, 0.15) is 5.41 Å². The Hall–Kier alpha value is -3.19. The summed E-state index contributed by atoms with van der Waals surface area (Å²) in [5.41, 5.74) is -1.69. The van der Waals surface area contributed by atoms with Gasteiger partial charge >= 0.3 is 5.97 Å². The molecule has 1 spiro atoms. The van der Waals surface area contributed by atoms with E-state index in [0.29, 0.717) is 29.9 Å². The number of likely N-dealkylation sites (N-methyl/N-ethyl adjacent to an activating group) is 1. The van der Waals surface area contributed by atoms with Gasteiger partial charge in [-0.1, -0.05) is 36.4 Å². The summed E-state index contributed by atoms with van der Waals surface area (Å²) in [4.78, 5) is 45.8. The van der Waals surface area contributed by atoms with Gasteiger partial charge in [0.15, 0.2) is 5.54 Å². The van der Waals surface area contributed by atoms with Gasteiger partial charge in [-0.05, 0) is 37.9 Å². The van der Waals surface area contributed by atoms with Crippen molar-refractivity contribution in [2.45, 2.75) is 36.4 Å². The number of benzene rings is 2. The zero-order chi connectivity index (χ0) is 21.2. The van der Waals surface area contributed by atoms with Gasteiger partial charge in [-0.3, -0.25) is 14.5 Å². The summed E-state index contributed by atoms with van der Waals surface area (Å²) in [5, 5.41) is 3.05. The lowest BCUT2D eigenvalue weighted by Crippen LogP contribution is -2.65. The topological polar surface area (TPSA) is 79.0 Å². The van der Waals surface area contributed by atoms with Crippen molar-refractivity contribution < 1.29 is 19.1 Å². The summed E-state index contributed by atoms with van der Waals surface area (Å²) < 4.78 is 6.22. The standard InChI is InChI=1S/C24H21N3O4/c1-26-18-11-5-3-9-16(18)24(20(26)29)22-13-14-7-6-12-27(14)23(22,21(30)31-24)15-8-2-4-10-17(15)25-19(22)28/h2-5,8-11,14H,6-7,12-13H2,1H3,(H,25,28)/t14?,22-,23+,24-/m1/s1. The average molecular weight is 415 g/mol. The van der Waals surface area contributed by atoms with Crippen LogP contribution in [-0.2, 0) is 30.3 Å². The van der Waals surface area contributed by atoms with Crippen LogP contribution in [0.15, 0.2) is 48.5 Å². The van der Waals surface area contributed by atoms with Crippen LogP contribution in [0.2, 0.25) is 0 Å². The van der Waals surface area contributed by atoms with Gasteiger partial charge < -0.3 is 15.0 Å². The molecule has 156 valence electrons. The number of amides is 2. The number of esters is 1. The van der Waals surface area contributed by atoms with E-state index < -0.39 is 22.5 Å². The molecule has 0 bridgehead atoms. The second-order valence-electron chi connectivity index (χ2n) is 9.26.